The Morgan fingerprint density at radius 1 is 1.45 bits per heavy atom. The molecule has 0 aliphatic heterocycles. The fraction of sp³-hybridized carbons (Fsp3) is 0.286. The van der Waals surface area contributed by atoms with Crippen LogP contribution in [0.3, 0.4) is 0 Å². The second-order valence-corrected chi connectivity index (χ2v) is 4.02. The highest BCUT2D eigenvalue weighted by Gasteiger charge is 2.17. The minimum Gasteiger partial charge on any atom is -0.497 e. The van der Waals surface area contributed by atoms with E-state index >= 15 is 0 Å². The molecular formula is C14H17NO5. The number of benzene rings is 1. The molecule has 1 aromatic carbocycles. The van der Waals surface area contributed by atoms with Gasteiger partial charge in [-0.05, 0) is 23.8 Å². The van der Waals surface area contributed by atoms with Crippen LogP contribution in [0.2, 0.25) is 0 Å². The van der Waals surface area contributed by atoms with Gasteiger partial charge < -0.3 is 20.3 Å². The number of rotatable bonds is 7. The van der Waals surface area contributed by atoms with Crippen molar-refractivity contribution in [1.29, 1.82) is 0 Å². The minimum atomic E-state index is -1.18. The average Bonchev–Trinajstić information content (AvgIpc) is 2.44. The van der Waals surface area contributed by atoms with Crippen LogP contribution in [0.25, 0.3) is 6.08 Å². The molecule has 20 heavy (non-hydrogen) atoms. The maximum atomic E-state index is 11.6. The summed E-state index contributed by atoms with van der Waals surface area (Å²) in [6.45, 7) is -0.309. The van der Waals surface area contributed by atoms with E-state index in [1.807, 2.05) is 0 Å². The van der Waals surface area contributed by atoms with Crippen molar-refractivity contribution in [3.63, 3.8) is 0 Å². The molecule has 0 spiro atoms. The standard InChI is InChI=1S/C14H17NO5/c1-20-11-4-2-3-10(9-11)5-6-13(17)15-12(7-8-16)14(18)19/h2-6,9,12,16H,7-8H2,1H3,(H,15,17)(H,18,19). The molecule has 108 valence electrons. The molecule has 1 unspecified atom stereocenters. The average molecular weight is 279 g/mol. The summed E-state index contributed by atoms with van der Waals surface area (Å²) >= 11 is 0. The Labute approximate surface area is 116 Å². The molecule has 0 aliphatic carbocycles. The van der Waals surface area contributed by atoms with E-state index in [-0.39, 0.29) is 13.0 Å². The first-order chi connectivity index (χ1) is 9.56. The molecule has 0 aromatic heterocycles. The Hall–Kier alpha value is -2.34. The Morgan fingerprint density at radius 3 is 2.80 bits per heavy atom. The first kappa shape index (κ1) is 15.7. The molecule has 3 N–H and O–H groups in total. The van der Waals surface area contributed by atoms with Crippen LogP contribution in [0.4, 0.5) is 0 Å². The number of amides is 1. The van der Waals surface area contributed by atoms with Crippen molar-refractivity contribution in [3.05, 3.63) is 35.9 Å². The van der Waals surface area contributed by atoms with Gasteiger partial charge in [0, 0.05) is 19.1 Å². The van der Waals surface area contributed by atoms with Crippen LogP contribution in [-0.4, -0.2) is 41.8 Å². The van der Waals surface area contributed by atoms with Gasteiger partial charge in [0.15, 0.2) is 0 Å². The number of hydrogen-bond acceptors (Lipinski definition) is 4. The van der Waals surface area contributed by atoms with Gasteiger partial charge in [-0.3, -0.25) is 4.79 Å². The fourth-order valence-corrected chi connectivity index (χ4v) is 1.52. The van der Waals surface area contributed by atoms with Gasteiger partial charge in [0.1, 0.15) is 11.8 Å². The number of ether oxygens (including phenoxy) is 1. The summed E-state index contributed by atoms with van der Waals surface area (Å²) in [6.07, 6.45) is 2.76. The number of aliphatic hydroxyl groups excluding tert-OH is 1. The van der Waals surface area contributed by atoms with Crippen molar-refractivity contribution in [2.45, 2.75) is 12.5 Å². The van der Waals surface area contributed by atoms with E-state index in [1.165, 1.54) is 6.08 Å². The summed E-state index contributed by atoms with van der Waals surface area (Å²) in [5.74, 6) is -1.05. The van der Waals surface area contributed by atoms with E-state index in [2.05, 4.69) is 5.32 Å². The lowest BCUT2D eigenvalue weighted by Crippen LogP contribution is -2.40. The van der Waals surface area contributed by atoms with Gasteiger partial charge in [0.05, 0.1) is 7.11 Å². The molecule has 6 nitrogen and oxygen atoms in total. The third-order valence-corrected chi connectivity index (χ3v) is 2.55. The smallest absolute Gasteiger partial charge is 0.326 e. The van der Waals surface area contributed by atoms with Gasteiger partial charge in [0.2, 0.25) is 5.91 Å². The molecule has 6 heteroatoms. The lowest BCUT2D eigenvalue weighted by atomic mass is 10.2. The van der Waals surface area contributed by atoms with Crippen molar-refractivity contribution in [2.24, 2.45) is 0 Å². The number of carboxylic acids is 1. The summed E-state index contributed by atoms with van der Waals surface area (Å²) in [5, 5.41) is 19.9. The molecule has 0 saturated heterocycles. The predicted octanol–water partition coefficient (Wildman–Crippen LogP) is 0.660. The van der Waals surface area contributed by atoms with Crippen LogP contribution in [0.5, 0.6) is 5.75 Å². The zero-order valence-electron chi connectivity index (χ0n) is 11.1. The van der Waals surface area contributed by atoms with E-state index in [4.69, 9.17) is 14.9 Å². The van der Waals surface area contributed by atoms with E-state index in [1.54, 1.807) is 37.5 Å². The molecule has 1 amide bonds. The van der Waals surface area contributed by atoms with Crippen molar-refractivity contribution in [2.75, 3.05) is 13.7 Å². The van der Waals surface area contributed by atoms with Gasteiger partial charge in [-0.25, -0.2) is 4.79 Å². The van der Waals surface area contributed by atoms with E-state index in [0.717, 1.165) is 5.56 Å². The first-order valence-electron chi connectivity index (χ1n) is 6.03. The van der Waals surface area contributed by atoms with Gasteiger partial charge >= 0.3 is 5.97 Å². The highest BCUT2D eigenvalue weighted by molar-refractivity contribution is 5.94. The summed E-state index contributed by atoms with van der Waals surface area (Å²) in [7, 11) is 1.54. The summed E-state index contributed by atoms with van der Waals surface area (Å²) in [4.78, 5) is 22.4. The number of methoxy groups -OCH3 is 1. The van der Waals surface area contributed by atoms with Crippen molar-refractivity contribution in [1.82, 2.24) is 5.32 Å². The van der Waals surface area contributed by atoms with Crippen LogP contribution in [0.1, 0.15) is 12.0 Å². The number of aliphatic carboxylic acids is 1. The van der Waals surface area contributed by atoms with E-state index < -0.39 is 17.9 Å². The van der Waals surface area contributed by atoms with Crippen molar-refractivity contribution in [3.8, 4) is 5.75 Å². The van der Waals surface area contributed by atoms with Crippen molar-refractivity contribution >= 4 is 18.0 Å². The SMILES string of the molecule is COc1cccc(C=CC(=O)NC(CCO)C(=O)O)c1. The van der Waals surface area contributed by atoms with Crippen LogP contribution in [-0.2, 0) is 9.59 Å². The minimum absolute atomic E-state index is 0.0337. The van der Waals surface area contributed by atoms with Crippen LogP contribution in [0, 0.1) is 0 Å². The van der Waals surface area contributed by atoms with Gasteiger partial charge in [-0.2, -0.15) is 0 Å². The van der Waals surface area contributed by atoms with Gasteiger partial charge in [-0.1, -0.05) is 12.1 Å². The number of nitrogens with one attached hydrogen (secondary N) is 1. The molecule has 0 radical (unpaired) electrons. The Balaban J connectivity index is 2.64. The Morgan fingerprint density at radius 2 is 2.20 bits per heavy atom. The molecule has 0 fully saturated rings. The number of carbonyl (C=O) groups is 2. The summed E-state index contributed by atoms with van der Waals surface area (Å²) in [6, 6.07) is 5.99. The van der Waals surface area contributed by atoms with Gasteiger partial charge in [-0.15, -0.1) is 0 Å². The fourth-order valence-electron chi connectivity index (χ4n) is 1.52. The van der Waals surface area contributed by atoms with Crippen molar-refractivity contribution < 1.29 is 24.5 Å². The normalized spacial score (nSPS) is 12.1. The number of carboxylic acid groups (broad SMARTS) is 1. The molecule has 0 heterocycles. The quantitative estimate of drug-likeness (QED) is 0.637. The molecule has 0 saturated carbocycles. The predicted molar refractivity (Wildman–Crippen MR) is 73.3 cm³/mol. The lowest BCUT2D eigenvalue weighted by molar-refractivity contribution is -0.141. The molecule has 0 aliphatic rings. The second-order valence-electron chi connectivity index (χ2n) is 4.02. The van der Waals surface area contributed by atoms with Crippen LogP contribution < -0.4 is 10.1 Å². The monoisotopic (exact) mass is 279 g/mol. The third kappa shape index (κ3) is 5.11. The second kappa shape index (κ2) is 7.96. The zero-order valence-corrected chi connectivity index (χ0v) is 11.1. The molecular weight excluding hydrogens is 262 g/mol. The maximum absolute atomic E-state index is 11.6. The topological polar surface area (TPSA) is 95.9 Å². The molecule has 1 aromatic rings. The highest BCUT2D eigenvalue weighted by Crippen LogP contribution is 2.13. The largest absolute Gasteiger partial charge is 0.497 e. The van der Waals surface area contributed by atoms with Gasteiger partial charge in [0.25, 0.3) is 0 Å². The number of carbonyl (C=O) groups excluding carboxylic acids is 1. The summed E-state index contributed by atoms with van der Waals surface area (Å²) < 4.78 is 5.05. The lowest BCUT2D eigenvalue weighted by Gasteiger charge is -2.11. The molecule has 1 atom stereocenters. The van der Waals surface area contributed by atoms with E-state index in [0.29, 0.717) is 5.75 Å². The third-order valence-electron chi connectivity index (χ3n) is 2.55. The van der Waals surface area contributed by atoms with E-state index in [9.17, 15) is 9.59 Å². The zero-order chi connectivity index (χ0) is 15.0. The number of aliphatic hydroxyl groups is 1. The first-order valence-corrected chi connectivity index (χ1v) is 6.03. The molecule has 0 bridgehead atoms. The van der Waals surface area contributed by atoms with Crippen LogP contribution in [0.15, 0.2) is 30.3 Å². The maximum Gasteiger partial charge on any atom is 0.326 e. The molecule has 1 rings (SSSR count). The highest BCUT2D eigenvalue weighted by atomic mass is 16.5. The van der Waals surface area contributed by atoms with Crippen LogP contribution >= 0.6 is 0 Å². The Kier molecular flexibility index (Phi) is 6.25. The summed E-state index contributed by atoms with van der Waals surface area (Å²) in [5.41, 5.74) is 0.758. The Bertz CT molecular complexity index is 498. The number of hydrogen-bond donors (Lipinski definition) is 3.